The maximum Gasteiger partial charge on any atom is 0.142 e. The lowest BCUT2D eigenvalue weighted by Gasteiger charge is -2.09. The van der Waals surface area contributed by atoms with Crippen molar-refractivity contribution in [3.05, 3.63) is 34.9 Å². The molecule has 0 aliphatic heterocycles. The normalized spacial score (nSPS) is 17.8. The van der Waals surface area contributed by atoms with Crippen LogP contribution in [0.15, 0.2) is 29.3 Å². The van der Waals surface area contributed by atoms with Crippen molar-refractivity contribution in [1.29, 1.82) is 0 Å². The van der Waals surface area contributed by atoms with E-state index in [0.717, 1.165) is 16.4 Å². The quantitative estimate of drug-likeness (QED) is 0.359. The Morgan fingerprint density at radius 3 is 2.44 bits per heavy atom. The fraction of sp³-hybridized carbons (Fsp3) is 0.417. The van der Waals surface area contributed by atoms with Gasteiger partial charge in [-0.05, 0) is 37.1 Å². The second-order valence-electron chi connectivity index (χ2n) is 4.07. The average Bonchev–Trinajstić information content (AvgIpc) is 2.80. The summed E-state index contributed by atoms with van der Waals surface area (Å²) in [5.74, 6) is 6.26. The van der Waals surface area contributed by atoms with Crippen LogP contribution in [0.3, 0.4) is 0 Å². The smallest absolute Gasteiger partial charge is 0.142 e. The first kappa shape index (κ1) is 11.4. The SMILES string of the molecule is NNC(=NC1CCCC1)c1ccc(Cl)cc1. The van der Waals surface area contributed by atoms with E-state index in [1.54, 1.807) is 0 Å². The lowest BCUT2D eigenvalue weighted by molar-refractivity contribution is 0.701. The minimum Gasteiger partial charge on any atom is -0.308 e. The fourth-order valence-corrected chi connectivity index (χ4v) is 2.14. The van der Waals surface area contributed by atoms with Crippen LogP contribution in [0.4, 0.5) is 0 Å². The summed E-state index contributed by atoms with van der Waals surface area (Å²) in [6, 6.07) is 7.96. The number of halogens is 1. The number of aliphatic imine (C=N–C) groups is 1. The Labute approximate surface area is 101 Å². The molecule has 1 aromatic rings. The molecule has 16 heavy (non-hydrogen) atoms. The van der Waals surface area contributed by atoms with Gasteiger partial charge in [0.2, 0.25) is 0 Å². The van der Waals surface area contributed by atoms with Crippen LogP contribution in [0, 0.1) is 0 Å². The van der Waals surface area contributed by atoms with Gasteiger partial charge < -0.3 is 5.43 Å². The molecule has 4 heteroatoms. The van der Waals surface area contributed by atoms with Gasteiger partial charge in [-0.15, -0.1) is 0 Å². The molecular weight excluding hydrogens is 222 g/mol. The monoisotopic (exact) mass is 237 g/mol. The van der Waals surface area contributed by atoms with Crippen molar-refractivity contribution >= 4 is 17.4 Å². The number of nitrogens with two attached hydrogens (primary N) is 1. The molecule has 0 saturated heterocycles. The van der Waals surface area contributed by atoms with Gasteiger partial charge in [-0.3, -0.25) is 4.99 Å². The third-order valence-corrected chi connectivity index (χ3v) is 3.14. The molecule has 3 nitrogen and oxygen atoms in total. The molecule has 86 valence electrons. The second kappa shape index (κ2) is 5.32. The summed E-state index contributed by atoms with van der Waals surface area (Å²) in [6.07, 6.45) is 4.87. The van der Waals surface area contributed by atoms with Crippen LogP contribution in [0.1, 0.15) is 31.2 Å². The van der Waals surface area contributed by atoms with Crippen molar-refractivity contribution in [3.8, 4) is 0 Å². The number of nitrogens with zero attached hydrogens (tertiary/aromatic N) is 1. The van der Waals surface area contributed by atoms with E-state index in [9.17, 15) is 0 Å². The summed E-state index contributed by atoms with van der Waals surface area (Å²) >= 11 is 5.84. The van der Waals surface area contributed by atoms with Crippen LogP contribution >= 0.6 is 11.6 Å². The Morgan fingerprint density at radius 1 is 1.25 bits per heavy atom. The topological polar surface area (TPSA) is 50.4 Å². The van der Waals surface area contributed by atoms with Gasteiger partial charge in [-0.1, -0.05) is 24.4 Å². The summed E-state index contributed by atoms with van der Waals surface area (Å²) in [5.41, 5.74) is 3.66. The van der Waals surface area contributed by atoms with Crippen molar-refractivity contribution in [2.45, 2.75) is 31.7 Å². The Kier molecular flexibility index (Phi) is 3.80. The number of benzene rings is 1. The van der Waals surface area contributed by atoms with Gasteiger partial charge in [0.15, 0.2) is 0 Å². The number of hydrazine groups is 1. The standard InChI is InChI=1S/C12H16ClN3/c13-10-7-5-9(6-8-10)12(16-14)15-11-3-1-2-4-11/h5-8,11H,1-4,14H2,(H,15,16). The fourth-order valence-electron chi connectivity index (χ4n) is 2.02. The first-order valence-electron chi connectivity index (χ1n) is 5.60. The van der Waals surface area contributed by atoms with Gasteiger partial charge in [0.1, 0.15) is 5.84 Å². The van der Waals surface area contributed by atoms with Crippen LogP contribution in [-0.4, -0.2) is 11.9 Å². The zero-order chi connectivity index (χ0) is 11.4. The van der Waals surface area contributed by atoms with Gasteiger partial charge in [0.05, 0.1) is 6.04 Å². The van der Waals surface area contributed by atoms with Crippen LogP contribution in [0.25, 0.3) is 0 Å². The average molecular weight is 238 g/mol. The van der Waals surface area contributed by atoms with E-state index in [1.165, 1.54) is 25.7 Å². The summed E-state index contributed by atoms with van der Waals surface area (Å²) in [5, 5.41) is 0.723. The molecule has 0 bridgehead atoms. The van der Waals surface area contributed by atoms with Crippen molar-refractivity contribution in [2.75, 3.05) is 0 Å². The molecule has 1 aliphatic carbocycles. The molecule has 0 heterocycles. The van der Waals surface area contributed by atoms with Gasteiger partial charge in [-0.2, -0.15) is 0 Å². The van der Waals surface area contributed by atoms with Crippen molar-refractivity contribution in [1.82, 2.24) is 5.43 Å². The van der Waals surface area contributed by atoms with Crippen LogP contribution < -0.4 is 11.3 Å². The molecule has 3 N–H and O–H groups in total. The van der Waals surface area contributed by atoms with Crippen molar-refractivity contribution in [2.24, 2.45) is 10.8 Å². The predicted molar refractivity (Wildman–Crippen MR) is 67.6 cm³/mol. The lowest BCUT2D eigenvalue weighted by Crippen LogP contribution is -2.32. The number of hydrogen-bond acceptors (Lipinski definition) is 2. The maximum absolute atomic E-state index is 5.84. The van der Waals surface area contributed by atoms with Crippen molar-refractivity contribution < 1.29 is 0 Å². The van der Waals surface area contributed by atoms with E-state index in [1.807, 2.05) is 24.3 Å². The molecule has 1 fully saturated rings. The molecule has 1 aliphatic rings. The summed E-state index contributed by atoms with van der Waals surface area (Å²) < 4.78 is 0. The number of amidine groups is 1. The summed E-state index contributed by atoms with van der Waals surface area (Å²) in [7, 11) is 0. The molecule has 0 spiro atoms. The van der Waals surface area contributed by atoms with E-state index in [4.69, 9.17) is 17.4 Å². The highest BCUT2D eigenvalue weighted by atomic mass is 35.5. The molecule has 0 amide bonds. The third kappa shape index (κ3) is 2.74. The molecule has 0 aromatic heterocycles. The highest BCUT2D eigenvalue weighted by molar-refractivity contribution is 6.30. The largest absolute Gasteiger partial charge is 0.308 e. The Hall–Kier alpha value is -1.06. The van der Waals surface area contributed by atoms with E-state index in [2.05, 4.69) is 10.4 Å². The van der Waals surface area contributed by atoms with Gasteiger partial charge in [-0.25, -0.2) is 5.84 Å². The maximum atomic E-state index is 5.84. The molecule has 1 saturated carbocycles. The second-order valence-corrected chi connectivity index (χ2v) is 4.50. The molecule has 1 aromatic carbocycles. The van der Waals surface area contributed by atoms with Gasteiger partial charge >= 0.3 is 0 Å². The van der Waals surface area contributed by atoms with Crippen LogP contribution in [-0.2, 0) is 0 Å². The number of hydrogen-bond donors (Lipinski definition) is 2. The van der Waals surface area contributed by atoms with E-state index in [-0.39, 0.29) is 0 Å². The molecule has 0 radical (unpaired) electrons. The zero-order valence-corrected chi connectivity index (χ0v) is 9.87. The van der Waals surface area contributed by atoms with Gasteiger partial charge in [0.25, 0.3) is 0 Å². The molecule has 0 unspecified atom stereocenters. The third-order valence-electron chi connectivity index (χ3n) is 2.89. The first-order valence-corrected chi connectivity index (χ1v) is 5.98. The van der Waals surface area contributed by atoms with E-state index >= 15 is 0 Å². The Balaban J connectivity index is 2.17. The molecule has 0 atom stereocenters. The van der Waals surface area contributed by atoms with Crippen LogP contribution in [0.2, 0.25) is 5.02 Å². The van der Waals surface area contributed by atoms with Crippen molar-refractivity contribution in [3.63, 3.8) is 0 Å². The van der Waals surface area contributed by atoms with Crippen LogP contribution in [0.5, 0.6) is 0 Å². The Morgan fingerprint density at radius 2 is 1.88 bits per heavy atom. The summed E-state index contributed by atoms with van der Waals surface area (Å²) in [4.78, 5) is 4.63. The molecular formula is C12H16ClN3. The first-order chi connectivity index (χ1) is 7.79. The van der Waals surface area contributed by atoms with Gasteiger partial charge in [0, 0.05) is 10.6 Å². The number of nitrogens with one attached hydrogen (secondary N) is 1. The lowest BCUT2D eigenvalue weighted by atomic mass is 10.2. The highest BCUT2D eigenvalue weighted by Crippen LogP contribution is 2.21. The van der Waals surface area contributed by atoms with E-state index in [0.29, 0.717) is 6.04 Å². The predicted octanol–water partition coefficient (Wildman–Crippen LogP) is 2.49. The minimum absolute atomic E-state index is 0.418. The zero-order valence-electron chi connectivity index (χ0n) is 9.12. The number of rotatable bonds is 2. The Bertz CT molecular complexity index is 366. The highest BCUT2D eigenvalue weighted by Gasteiger charge is 2.14. The summed E-state index contributed by atoms with van der Waals surface area (Å²) in [6.45, 7) is 0. The van der Waals surface area contributed by atoms with E-state index < -0.39 is 0 Å². The molecule has 2 rings (SSSR count). The minimum atomic E-state index is 0.418.